The summed E-state index contributed by atoms with van der Waals surface area (Å²) in [5.74, 6) is 0. The van der Waals surface area contributed by atoms with Crippen molar-refractivity contribution < 1.29 is 0 Å². The summed E-state index contributed by atoms with van der Waals surface area (Å²) in [5.41, 5.74) is 12.8. The Morgan fingerprint density at radius 3 is 1.38 bits per heavy atom. The molecule has 0 saturated carbocycles. The topological polar surface area (TPSA) is 15.3 Å². The lowest BCUT2D eigenvalue weighted by Gasteiger charge is -2.38. The summed E-state index contributed by atoms with van der Waals surface area (Å²) < 4.78 is 0. The molecular weight excluding hydrogens is 448 g/mol. The summed E-state index contributed by atoms with van der Waals surface area (Å²) in [6.45, 7) is 4.56. The van der Waals surface area contributed by atoms with Crippen LogP contribution in [0, 0.1) is 0 Å². The first-order valence-electron chi connectivity index (χ1n) is 13.9. The zero-order chi connectivity index (χ0) is 24.9. The first kappa shape index (κ1) is 23.0. The van der Waals surface area contributed by atoms with Crippen molar-refractivity contribution in [3.05, 3.63) is 142 Å². The Bertz CT molecular complexity index is 1350. The summed E-state index contributed by atoms with van der Waals surface area (Å²) in [5, 5.41) is 3.56. The molecule has 4 aromatic rings. The van der Waals surface area contributed by atoms with Crippen LogP contribution in [0.4, 0.5) is 0 Å². The Hall–Kier alpha value is -3.20. The Kier molecular flexibility index (Phi) is 5.57. The molecule has 2 heteroatoms. The van der Waals surface area contributed by atoms with E-state index in [0.717, 1.165) is 32.5 Å². The van der Waals surface area contributed by atoms with Gasteiger partial charge in [0.1, 0.15) is 0 Å². The molecule has 2 aliphatic heterocycles. The van der Waals surface area contributed by atoms with Crippen molar-refractivity contribution in [2.45, 2.75) is 36.5 Å². The van der Waals surface area contributed by atoms with Crippen LogP contribution < -0.4 is 5.32 Å². The lowest BCUT2D eigenvalue weighted by Crippen LogP contribution is -2.35. The van der Waals surface area contributed by atoms with Crippen molar-refractivity contribution in [3.63, 3.8) is 0 Å². The van der Waals surface area contributed by atoms with Crippen molar-refractivity contribution >= 4 is 0 Å². The number of nitrogens with zero attached hydrogens (tertiary/aromatic N) is 1. The molecule has 1 N–H and O–H groups in total. The van der Waals surface area contributed by atoms with E-state index in [4.69, 9.17) is 0 Å². The molecule has 2 nitrogen and oxygen atoms in total. The standard InChI is InChI=1S/C18H19N.C17H17N/c1-19-11-10-18(13-19)16-8-4-2-6-14(16)12-15-7-3-5-9-17(15)18;1-3-7-15-13(5-1)11-14-6-2-4-8-16(14)17(15)9-10-18-12-17/h2-9H,10-13H2,1H3;1-8,18H,9-12H2. The van der Waals surface area contributed by atoms with Gasteiger partial charge < -0.3 is 10.2 Å². The molecular formula is C35H36N2. The number of rotatable bonds is 0. The Morgan fingerprint density at radius 2 is 1.00 bits per heavy atom. The van der Waals surface area contributed by atoms with Gasteiger partial charge in [-0.05, 0) is 90.3 Å². The minimum atomic E-state index is 0.228. The average molecular weight is 485 g/mol. The maximum absolute atomic E-state index is 3.56. The van der Waals surface area contributed by atoms with E-state index < -0.39 is 0 Å². The van der Waals surface area contributed by atoms with Crippen LogP contribution in [0.2, 0.25) is 0 Å². The minimum absolute atomic E-state index is 0.228. The predicted molar refractivity (Wildman–Crippen MR) is 153 cm³/mol. The fourth-order valence-corrected chi connectivity index (χ4v) is 7.86. The van der Waals surface area contributed by atoms with Gasteiger partial charge in [0.2, 0.25) is 0 Å². The van der Waals surface area contributed by atoms with Crippen LogP contribution in [0.1, 0.15) is 57.3 Å². The van der Waals surface area contributed by atoms with Crippen LogP contribution in [-0.2, 0) is 23.7 Å². The molecule has 37 heavy (non-hydrogen) atoms. The SMILES string of the molecule is CN1CCC2(C1)c1ccccc1Cc1ccccc12.c1ccc2c(c1)Cc1ccccc1C21CCNC1. The third kappa shape index (κ3) is 3.61. The van der Waals surface area contributed by atoms with Gasteiger partial charge in [0.15, 0.2) is 0 Å². The van der Waals surface area contributed by atoms with Gasteiger partial charge in [0.05, 0.1) is 0 Å². The number of nitrogens with one attached hydrogen (secondary N) is 1. The van der Waals surface area contributed by atoms with E-state index in [0.29, 0.717) is 0 Å². The molecule has 186 valence electrons. The van der Waals surface area contributed by atoms with E-state index in [9.17, 15) is 0 Å². The molecule has 2 spiro atoms. The molecule has 0 radical (unpaired) electrons. The molecule has 0 amide bonds. The summed E-state index contributed by atoms with van der Waals surface area (Å²) in [6, 6.07) is 36.1. The van der Waals surface area contributed by atoms with Gasteiger partial charge >= 0.3 is 0 Å². The summed E-state index contributed by atoms with van der Waals surface area (Å²) in [7, 11) is 2.24. The van der Waals surface area contributed by atoms with Crippen LogP contribution in [0.25, 0.3) is 0 Å². The van der Waals surface area contributed by atoms with Gasteiger partial charge in [-0.25, -0.2) is 0 Å². The van der Waals surface area contributed by atoms with Gasteiger partial charge in [-0.3, -0.25) is 0 Å². The fourth-order valence-electron chi connectivity index (χ4n) is 7.86. The van der Waals surface area contributed by atoms with E-state index >= 15 is 0 Å². The molecule has 0 aromatic heterocycles. The molecule has 4 aromatic carbocycles. The lowest BCUT2D eigenvalue weighted by atomic mass is 9.66. The third-order valence-corrected chi connectivity index (χ3v) is 9.51. The molecule has 0 bridgehead atoms. The van der Waals surface area contributed by atoms with Crippen molar-refractivity contribution in [1.29, 1.82) is 0 Å². The molecule has 8 rings (SSSR count). The van der Waals surface area contributed by atoms with Crippen molar-refractivity contribution in [2.24, 2.45) is 0 Å². The van der Waals surface area contributed by atoms with Crippen molar-refractivity contribution in [3.8, 4) is 0 Å². The first-order valence-corrected chi connectivity index (χ1v) is 13.9. The Labute approximate surface area is 221 Å². The highest BCUT2D eigenvalue weighted by Gasteiger charge is 2.44. The van der Waals surface area contributed by atoms with E-state index in [1.54, 1.807) is 22.3 Å². The predicted octanol–water partition coefficient (Wildman–Crippen LogP) is 6.08. The second-order valence-corrected chi connectivity index (χ2v) is 11.6. The van der Waals surface area contributed by atoms with Gasteiger partial charge in [0, 0.05) is 23.9 Å². The van der Waals surface area contributed by atoms with Gasteiger partial charge in [-0.15, -0.1) is 0 Å². The van der Waals surface area contributed by atoms with Crippen LogP contribution >= 0.6 is 0 Å². The van der Waals surface area contributed by atoms with Crippen molar-refractivity contribution in [1.82, 2.24) is 10.2 Å². The molecule has 4 aliphatic rings. The third-order valence-electron chi connectivity index (χ3n) is 9.51. The molecule has 2 aliphatic carbocycles. The van der Waals surface area contributed by atoms with Gasteiger partial charge in [0.25, 0.3) is 0 Å². The number of hydrogen-bond acceptors (Lipinski definition) is 2. The lowest BCUT2D eigenvalue weighted by molar-refractivity contribution is 0.388. The van der Waals surface area contributed by atoms with Crippen LogP contribution in [0.15, 0.2) is 97.1 Å². The smallest absolute Gasteiger partial charge is 0.0347 e. The summed E-state index contributed by atoms with van der Waals surface area (Å²) >= 11 is 0. The second kappa shape index (κ2) is 8.97. The van der Waals surface area contributed by atoms with Crippen LogP contribution in [0.3, 0.4) is 0 Å². The molecule has 2 heterocycles. The summed E-state index contributed by atoms with van der Waals surface area (Å²) in [6.07, 6.45) is 4.66. The van der Waals surface area contributed by atoms with E-state index in [-0.39, 0.29) is 10.8 Å². The fraction of sp³-hybridized carbons (Fsp3) is 0.314. The Morgan fingerprint density at radius 1 is 0.568 bits per heavy atom. The molecule has 0 unspecified atom stereocenters. The molecule has 0 atom stereocenters. The number of likely N-dealkylation sites (tertiary alicyclic amines) is 1. The number of benzene rings is 4. The number of fused-ring (bicyclic) bond motifs is 8. The van der Waals surface area contributed by atoms with E-state index in [1.165, 1.54) is 41.6 Å². The van der Waals surface area contributed by atoms with Gasteiger partial charge in [-0.1, -0.05) is 97.1 Å². The van der Waals surface area contributed by atoms with Gasteiger partial charge in [-0.2, -0.15) is 0 Å². The minimum Gasteiger partial charge on any atom is -0.315 e. The molecule has 2 fully saturated rings. The summed E-state index contributed by atoms with van der Waals surface area (Å²) in [4.78, 5) is 2.47. The van der Waals surface area contributed by atoms with Crippen LogP contribution in [0.5, 0.6) is 0 Å². The average Bonchev–Trinajstić information content (AvgIpc) is 3.58. The first-order chi connectivity index (χ1) is 18.2. The highest BCUT2D eigenvalue weighted by molar-refractivity contribution is 5.56. The highest BCUT2D eigenvalue weighted by Crippen LogP contribution is 2.47. The highest BCUT2D eigenvalue weighted by atomic mass is 15.1. The monoisotopic (exact) mass is 484 g/mol. The zero-order valence-corrected chi connectivity index (χ0v) is 21.8. The van der Waals surface area contributed by atoms with Crippen molar-refractivity contribution in [2.75, 3.05) is 33.2 Å². The zero-order valence-electron chi connectivity index (χ0n) is 21.8. The van der Waals surface area contributed by atoms with E-state index in [1.807, 2.05) is 0 Å². The normalized spacial score (nSPS) is 19.9. The maximum atomic E-state index is 3.56. The maximum Gasteiger partial charge on any atom is 0.0347 e. The van der Waals surface area contributed by atoms with Crippen LogP contribution in [-0.4, -0.2) is 38.1 Å². The number of likely N-dealkylation sites (N-methyl/N-ethyl adjacent to an activating group) is 1. The molecule has 2 saturated heterocycles. The quantitative estimate of drug-likeness (QED) is 0.325. The van der Waals surface area contributed by atoms with E-state index in [2.05, 4.69) is 114 Å². The second-order valence-electron chi connectivity index (χ2n) is 11.6. The number of hydrogen-bond donors (Lipinski definition) is 1. The Balaban J connectivity index is 0.000000125. The largest absolute Gasteiger partial charge is 0.315 e.